The van der Waals surface area contributed by atoms with Gasteiger partial charge in [0.25, 0.3) is 0 Å². The van der Waals surface area contributed by atoms with Crippen LogP contribution in [0.5, 0.6) is 0 Å². The van der Waals surface area contributed by atoms with Crippen molar-refractivity contribution in [3.05, 3.63) is 22.9 Å². The molecule has 0 unspecified atom stereocenters. The van der Waals surface area contributed by atoms with Gasteiger partial charge in [0.2, 0.25) is 0 Å². The minimum Gasteiger partial charge on any atom is -0.444 e. The molecule has 2 aromatic rings. The van der Waals surface area contributed by atoms with Gasteiger partial charge in [0.15, 0.2) is 5.65 Å². The third kappa shape index (κ3) is 5.09. The Kier molecular flexibility index (Phi) is 5.46. The van der Waals surface area contributed by atoms with Gasteiger partial charge in [0.05, 0.1) is 6.20 Å². The van der Waals surface area contributed by atoms with Crippen LogP contribution in [0.4, 0.5) is 10.6 Å². The topological polar surface area (TPSA) is 71.8 Å². The Balaban J connectivity index is 1.78. The van der Waals surface area contributed by atoms with E-state index in [9.17, 15) is 4.79 Å². The summed E-state index contributed by atoms with van der Waals surface area (Å²) in [6.45, 7) is 6.89. The molecule has 0 aliphatic heterocycles. The van der Waals surface area contributed by atoms with E-state index >= 15 is 0 Å². The summed E-state index contributed by atoms with van der Waals surface area (Å²) in [5.41, 5.74) is 0.313. The summed E-state index contributed by atoms with van der Waals surface area (Å²) < 4.78 is 7.83. The Hall–Kier alpha value is -1.83. The molecule has 0 saturated heterocycles. The van der Waals surface area contributed by atoms with Crippen LogP contribution in [-0.2, 0) is 4.74 Å². The quantitative estimate of drug-likeness (QED) is 0.802. The molecule has 0 aliphatic carbocycles. The molecule has 1 amide bonds. The second-order valence-electron chi connectivity index (χ2n) is 6.25. The molecular weight excluding hydrogens is 362 g/mol. The van der Waals surface area contributed by atoms with Gasteiger partial charge in [-0.15, -0.1) is 5.10 Å². The molecule has 0 bridgehead atoms. The SMILES string of the molecule is CN(CCCNc1ccc2ncc(Br)n2n1)C(=O)OC(C)(C)C. The third-order valence-corrected chi connectivity index (χ3v) is 3.54. The van der Waals surface area contributed by atoms with Crippen LogP contribution in [0.15, 0.2) is 22.9 Å². The van der Waals surface area contributed by atoms with E-state index in [4.69, 9.17) is 4.74 Å². The molecule has 2 aromatic heterocycles. The number of carbonyl (C=O) groups is 1. The fourth-order valence-corrected chi connectivity index (χ4v) is 2.27. The summed E-state index contributed by atoms with van der Waals surface area (Å²) in [5, 5.41) is 7.66. The van der Waals surface area contributed by atoms with E-state index in [1.54, 1.807) is 22.7 Å². The average molecular weight is 384 g/mol. The van der Waals surface area contributed by atoms with Crippen molar-refractivity contribution in [2.45, 2.75) is 32.8 Å². The zero-order valence-electron chi connectivity index (χ0n) is 13.8. The number of carbonyl (C=O) groups excluding carboxylic acids is 1. The normalized spacial score (nSPS) is 11.5. The lowest BCUT2D eigenvalue weighted by atomic mass is 10.2. The van der Waals surface area contributed by atoms with Gasteiger partial charge in [0.1, 0.15) is 16.0 Å². The lowest BCUT2D eigenvalue weighted by Gasteiger charge is -2.24. The van der Waals surface area contributed by atoms with E-state index in [0.717, 1.165) is 22.5 Å². The molecule has 1 N–H and O–H groups in total. The van der Waals surface area contributed by atoms with Crippen molar-refractivity contribution in [1.82, 2.24) is 19.5 Å². The van der Waals surface area contributed by atoms with Gasteiger partial charge in [0, 0.05) is 20.1 Å². The van der Waals surface area contributed by atoms with Gasteiger partial charge in [-0.05, 0) is 55.3 Å². The first-order chi connectivity index (χ1) is 10.8. The Bertz CT molecular complexity index is 680. The number of rotatable bonds is 5. The van der Waals surface area contributed by atoms with Gasteiger partial charge in [-0.2, -0.15) is 0 Å². The second kappa shape index (κ2) is 7.16. The Morgan fingerprint density at radius 1 is 1.43 bits per heavy atom. The molecule has 0 aliphatic rings. The fraction of sp³-hybridized carbons (Fsp3) is 0.533. The highest BCUT2D eigenvalue weighted by molar-refractivity contribution is 9.10. The zero-order chi connectivity index (χ0) is 17.0. The molecule has 0 saturated carbocycles. The molecule has 0 atom stereocenters. The number of imidazole rings is 1. The number of ether oxygens (including phenoxy) is 1. The van der Waals surface area contributed by atoms with Crippen molar-refractivity contribution in [3.63, 3.8) is 0 Å². The molecular formula is C15H22BrN5O2. The first-order valence-corrected chi connectivity index (χ1v) is 8.24. The largest absolute Gasteiger partial charge is 0.444 e. The van der Waals surface area contributed by atoms with Gasteiger partial charge < -0.3 is 15.0 Å². The van der Waals surface area contributed by atoms with Crippen molar-refractivity contribution >= 4 is 33.5 Å². The van der Waals surface area contributed by atoms with Crippen LogP contribution in [0.2, 0.25) is 0 Å². The monoisotopic (exact) mass is 383 g/mol. The maximum Gasteiger partial charge on any atom is 0.410 e. The number of hydrogen-bond acceptors (Lipinski definition) is 5. The van der Waals surface area contributed by atoms with Crippen LogP contribution in [0.25, 0.3) is 5.65 Å². The summed E-state index contributed by atoms with van der Waals surface area (Å²) in [7, 11) is 1.74. The van der Waals surface area contributed by atoms with Gasteiger partial charge >= 0.3 is 6.09 Å². The second-order valence-corrected chi connectivity index (χ2v) is 7.06. The molecule has 2 heterocycles. The highest BCUT2D eigenvalue weighted by Gasteiger charge is 2.19. The molecule has 23 heavy (non-hydrogen) atoms. The predicted molar refractivity (Wildman–Crippen MR) is 92.7 cm³/mol. The van der Waals surface area contributed by atoms with E-state index in [1.807, 2.05) is 32.9 Å². The van der Waals surface area contributed by atoms with Crippen LogP contribution in [0.3, 0.4) is 0 Å². The number of fused-ring (bicyclic) bond motifs is 1. The number of nitrogens with zero attached hydrogens (tertiary/aromatic N) is 4. The summed E-state index contributed by atoms with van der Waals surface area (Å²) in [5.74, 6) is 0.760. The molecule has 7 nitrogen and oxygen atoms in total. The Morgan fingerprint density at radius 3 is 2.87 bits per heavy atom. The first kappa shape index (κ1) is 17.5. The maximum absolute atomic E-state index is 11.8. The molecule has 0 aromatic carbocycles. The number of halogens is 1. The van der Waals surface area contributed by atoms with Crippen LogP contribution in [0, 0.1) is 0 Å². The van der Waals surface area contributed by atoms with E-state index < -0.39 is 5.60 Å². The zero-order valence-corrected chi connectivity index (χ0v) is 15.4. The standard InChI is InChI=1S/C15H22BrN5O2/c1-15(2,3)23-14(22)20(4)9-5-8-17-12-6-7-13-18-10-11(16)21(13)19-12/h6-7,10H,5,8-9H2,1-4H3,(H,17,19). The number of hydrogen-bond donors (Lipinski definition) is 1. The predicted octanol–water partition coefficient (Wildman–Crippen LogP) is 3.16. The molecule has 0 spiro atoms. The van der Waals surface area contributed by atoms with E-state index in [-0.39, 0.29) is 6.09 Å². The van der Waals surface area contributed by atoms with Crippen molar-refractivity contribution in [1.29, 1.82) is 0 Å². The van der Waals surface area contributed by atoms with Crippen LogP contribution >= 0.6 is 15.9 Å². The van der Waals surface area contributed by atoms with E-state index in [1.165, 1.54) is 0 Å². The number of nitrogens with one attached hydrogen (secondary N) is 1. The maximum atomic E-state index is 11.8. The van der Waals surface area contributed by atoms with Crippen molar-refractivity contribution < 1.29 is 9.53 Å². The number of aromatic nitrogens is 3. The summed E-state index contributed by atoms with van der Waals surface area (Å²) >= 11 is 3.39. The van der Waals surface area contributed by atoms with Crippen LogP contribution in [0.1, 0.15) is 27.2 Å². The van der Waals surface area contributed by atoms with Crippen molar-refractivity contribution in [2.75, 3.05) is 25.5 Å². The molecule has 0 fully saturated rings. The highest BCUT2D eigenvalue weighted by Crippen LogP contribution is 2.13. The molecule has 8 heteroatoms. The lowest BCUT2D eigenvalue weighted by Crippen LogP contribution is -2.35. The summed E-state index contributed by atoms with van der Waals surface area (Å²) in [6, 6.07) is 3.78. The molecule has 2 rings (SSSR count). The van der Waals surface area contributed by atoms with Gasteiger partial charge in [-0.1, -0.05) is 0 Å². The third-order valence-electron chi connectivity index (χ3n) is 3.00. The Labute approximate surface area is 144 Å². The summed E-state index contributed by atoms with van der Waals surface area (Å²) in [4.78, 5) is 17.6. The lowest BCUT2D eigenvalue weighted by molar-refractivity contribution is 0.0298. The first-order valence-electron chi connectivity index (χ1n) is 7.44. The van der Waals surface area contributed by atoms with Gasteiger partial charge in [-0.25, -0.2) is 14.3 Å². The minimum absolute atomic E-state index is 0.306. The fourth-order valence-electron chi connectivity index (χ4n) is 1.90. The molecule has 0 radical (unpaired) electrons. The Morgan fingerprint density at radius 2 is 2.17 bits per heavy atom. The average Bonchev–Trinajstić information content (AvgIpc) is 2.83. The summed E-state index contributed by atoms with van der Waals surface area (Å²) in [6.07, 6.45) is 2.20. The van der Waals surface area contributed by atoms with Crippen molar-refractivity contribution in [2.24, 2.45) is 0 Å². The smallest absolute Gasteiger partial charge is 0.410 e. The van der Waals surface area contributed by atoms with Crippen LogP contribution in [-0.4, -0.2) is 51.3 Å². The molecule has 126 valence electrons. The number of amides is 1. The highest BCUT2D eigenvalue weighted by atomic mass is 79.9. The van der Waals surface area contributed by atoms with Gasteiger partial charge in [-0.3, -0.25) is 0 Å². The number of anilines is 1. The van der Waals surface area contributed by atoms with E-state index in [2.05, 4.69) is 31.3 Å². The van der Waals surface area contributed by atoms with Crippen molar-refractivity contribution in [3.8, 4) is 0 Å². The van der Waals surface area contributed by atoms with E-state index in [0.29, 0.717) is 13.1 Å². The minimum atomic E-state index is -0.471. The van der Waals surface area contributed by atoms with Crippen LogP contribution < -0.4 is 5.32 Å².